The van der Waals surface area contributed by atoms with Crippen LogP contribution in [0.5, 0.6) is 0 Å². The fourth-order valence-electron chi connectivity index (χ4n) is 2.72. The topological polar surface area (TPSA) is 55.1 Å². The number of hydrogen-bond acceptors (Lipinski definition) is 3. The first-order valence-corrected chi connectivity index (χ1v) is 8.65. The van der Waals surface area contributed by atoms with E-state index in [1.165, 1.54) is 18.1 Å². The van der Waals surface area contributed by atoms with E-state index in [2.05, 4.69) is 4.98 Å². The van der Waals surface area contributed by atoms with Gasteiger partial charge in [-0.05, 0) is 30.4 Å². The molecular weight excluding hydrogens is 343 g/mol. The number of carbonyl (C=O) groups is 1. The summed E-state index contributed by atoms with van der Waals surface area (Å²) in [5.74, 6) is -0.930. The van der Waals surface area contributed by atoms with E-state index >= 15 is 0 Å². The molecule has 1 aromatic carbocycles. The molecule has 0 amide bonds. The van der Waals surface area contributed by atoms with Gasteiger partial charge >= 0.3 is 5.97 Å². The van der Waals surface area contributed by atoms with Crippen molar-refractivity contribution in [3.8, 4) is 0 Å². The van der Waals surface area contributed by atoms with E-state index in [0.29, 0.717) is 16.5 Å². The minimum absolute atomic E-state index is 0.468. The quantitative estimate of drug-likeness (QED) is 0.826. The van der Waals surface area contributed by atoms with Gasteiger partial charge in [-0.2, -0.15) is 11.8 Å². The van der Waals surface area contributed by atoms with Crippen molar-refractivity contribution in [2.75, 3.05) is 6.26 Å². The molecule has 0 aliphatic heterocycles. The third-order valence-electron chi connectivity index (χ3n) is 3.78. The van der Waals surface area contributed by atoms with Crippen LogP contribution in [0, 0.1) is 0 Å². The molecule has 1 heterocycles. The van der Waals surface area contributed by atoms with Crippen molar-refractivity contribution in [3.05, 3.63) is 52.5 Å². The first-order chi connectivity index (χ1) is 10.5. The van der Waals surface area contributed by atoms with Gasteiger partial charge in [-0.15, -0.1) is 0 Å². The molecule has 7 heteroatoms. The number of carboxylic acid groups (broad SMARTS) is 1. The van der Waals surface area contributed by atoms with Crippen molar-refractivity contribution in [3.63, 3.8) is 0 Å². The zero-order valence-electron chi connectivity index (χ0n) is 12.2. The largest absolute Gasteiger partial charge is 0.480 e. The Morgan fingerprint density at radius 3 is 2.68 bits per heavy atom. The molecule has 0 bridgehead atoms. The number of benzene rings is 1. The molecule has 2 aromatic rings. The number of carboxylic acids is 1. The number of hydrogen-bond donors (Lipinski definition) is 1. The van der Waals surface area contributed by atoms with Crippen LogP contribution < -0.4 is 0 Å². The summed E-state index contributed by atoms with van der Waals surface area (Å²) in [5.41, 5.74) is 0.759. The molecule has 2 atom stereocenters. The third-order valence-corrected chi connectivity index (χ3v) is 5.78. The Morgan fingerprint density at radius 2 is 2.23 bits per heavy atom. The van der Waals surface area contributed by atoms with Gasteiger partial charge in [-0.1, -0.05) is 36.2 Å². The second-order valence-corrected chi connectivity index (χ2v) is 6.80. The molecule has 1 aromatic heterocycles. The highest BCUT2D eigenvalue weighted by Gasteiger charge is 2.45. The van der Waals surface area contributed by atoms with Crippen LogP contribution in [0.1, 0.15) is 24.9 Å². The maximum absolute atomic E-state index is 12.0. The Balaban J connectivity index is 2.67. The van der Waals surface area contributed by atoms with Gasteiger partial charge in [-0.3, -0.25) is 0 Å². The summed E-state index contributed by atoms with van der Waals surface area (Å²) >= 11 is 13.8. The van der Waals surface area contributed by atoms with Crippen LogP contribution >= 0.6 is 35.0 Å². The van der Waals surface area contributed by atoms with Crippen molar-refractivity contribution in [1.29, 1.82) is 0 Å². The third kappa shape index (κ3) is 2.98. The highest BCUT2D eigenvalue weighted by Crippen LogP contribution is 2.50. The van der Waals surface area contributed by atoms with Gasteiger partial charge in [0, 0.05) is 22.4 Å². The monoisotopic (exact) mass is 358 g/mol. The zero-order chi connectivity index (χ0) is 16.3. The van der Waals surface area contributed by atoms with Crippen molar-refractivity contribution in [2.45, 2.75) is 24.1 Å². The van der Waals surface area contributed by atoms with Gasteiger partial charge in [0.15, 0.2) is 6.04 Å². The molecule has 118 valence electrons. The molecule has 2 rings (SSSR count). The number of thioether (sulfide) groups is 1. The summed E-state index contributed by atoms with van der Waals surface area (Å²) < 4.78 is 0.876. The molecule has 0 fully saturated rings. The fourth-order valence-corrected chi connectivity index (χ4v) is 4.49. The van der Waals surface area contributed by atoms with Crippen LogP contribution in [-0.2, 0) is 9.54 Å². The molecule has 0 aliphatic carbocycles. The number of rotatable bonds is 6. The van der Waals surface area contributed by atoms with Crippen LogP contribution in [-0.4, -0.2) is 26.9 Å². The minimum atomic E-state index is -0.930. The molecule has 0 spiro atoms. The van der Waals surface area contributed by atoms with E-state index in [1.807, 2.05) is 13.2 Å². The summed E-state index contributed by atoms with van der Waals surface area (Å²) in [7, 11) is 0. The minimum Gasteiger partial charge on any atom is -0.480 e. The number of aromatic nitrogens is 2. The van der Waals surface area contributed by atoms with Crippen molar-refractivity contribution in [2.24, 2.45) is 0 Å². The molecule has 2 unspecified atom stereocenters. The Hall–Kier alpha value is -1.17. The average molecular weight is 359 g/mol. The highest BCUT2D eigenvalue weighted by atomic mass is 35.5. The summed E-state index contributed by atoms with van der Waals surface area (Å²) in [6.45, 7) is 1.95. The maximum atomic E-state index is 12.0. The number of aliphatic carboxylic acids is 1. The van der Waals surface area contributed by atoms with Crippen molar-refractivity contribution >= 4 is 40.9 Å². The predicted molar refractivity (Wildman–Crippen MR) is 90.8 cm³/mol. The lowest BCUT2D eigenvalue weighted by atomic mass is 9.87. The number of halogens is 2. The standard InChI is InChI=1S/C15H16Cl2N2O2S/c1-3-15(22-2,11-5-4-10(16)8-12(11)17)13(14(20)21)19-7-6-18-9-19/h4-9,13H,3H2,1-2H3,(H,20,21). The van der Waals surface area contributed by atoms with Crippen molar-refractivity contribution < 1.29 is 9.90 Å². The first kappa shape index (κ1) is 17.2. The van der Waals surface area contributed by atoms with E-state index in [1.54, 1.807) is 35.2 Å². The van der Waals surface area contributed by atoms with Crippen LogP contribution in [0.25, 0.3) is 0 Å². The number of imidazole rings is 1. The van der Waals surface area contributed by atoms with Gasteiger partial charge in [-0.25, -0.2) is 9.78 Å². The SMILES string of the molecule is CCC(SC)(c1ccc(Cl)cc1Cl)C(C(=O)O)n1ccnc1. The Bertz CT molecular complexity index is 658. The number of nitrogens with zero attached hydrogens (tertiary/aromatic N) is 2. The van der Waals surface area contributed by atoms with E-state index in [-0.39, 0.29) is 0 Å². The van der Waals surface area contributed by atoms with E-state index in [4.69, 9.17) is 23.2 Å². The normalized spacial score (nSPS) is 15.3. The van der Waals surface area contributed by atoms with Gasteiger partial charge in [0.25, 0.3) is 0 Å². The van der Waals surface area contributed by atoms with Gasteiger partial charge in [0.1, 0.15) is 0 Å². The molecule has 0 saturated carbocycles. The molecule has 4 nitrogen and oxygen atoms in total. The molecular formula is C15H16Cl2N2O2S. The summed E-state index contributed by atoms with van der Waals surface area (Å²) in [4.78, 5) is 16.0. The van der Waals surface area contributed by atoms with E-state index in [0.717, 1.165) is 5.56 Å². The van der Waals surface area contributed by atoms with Gasteiger partial charge in [0.05, 0.1) is 11.1 Å². The van der Waals surface area contributed by atoms with Gasteiger partial charge < -0.3 is 9.67 Å². The average Bonchev–Trinajstić information content (AvgIpc) is 2.98. The summed E-state index contributed by atoms with van der Waals surface area (Å²) in [5, 5.41) is 10.8. The molecule has 0 saturated heterocycles. The van der Waals surface area contributed by atoms with Gasteiger partial charge in [0.2, 0.25) is 0 Å². The molecule has 0 radical (unpaired) electrons. The molecule has 0 aliphatic rings. The lowest BCUT2D eigenvalue weighted by Gasteiger charge is -2.38. The van der Waals surface area contributed by atoms with Crippen LogP contribution in [0.3, 0.4) is 0 Å². The Labute approximate surface area is 143 Å². The van der Waals surface area contributed by atoms with Crippen LogP contribution in [0.4, 0.5) is 0 Å². The molecule has 1 N–H and O–H groups in total. The van der Waals surface area contributed by atoms with E-state index in [9.17, 15) is 9.90 Å². The highest BCUT2D eigenvalue weighted by molar-refractivity contribution is 7.99. The second kappa shape index (κ2) is 6.94. The Morgan fingerprint density at radius 1 is 1.50 bits per heavy atom. The van der Waals surface area contributed by atoms with E-state index < -0.39 is 16.8 Å². The Kier molecular flexibility index (Phi) is 5.42. The zero-order valence-corrected chi connectivity index (χ0v) is 14.5. The summed E-state index contributed by atoms with van der Waals surface area (Å²) in [6, 6.07) is 4.35. The smallest absolute Gasteiger partial charge is 0.328 e. The van der Waals surface area contributed by atoms with Crippen LogP contribution in [0.2, 0.25) is 10.0 Å². The first-order valence-electron chi connectivity index (χ1n) is 6.67. The molecule has 22 heavy (non-hydrogen) atoms. The lowest BCUT2D eigenvalue weighted by molar-refractivity contribution is -0.142. The maximum Gasteiger partial charge on any atom is 0.328 e. The van der Waals surface area contributed by atoms with Crippen LogP contribution in [0.15, 0.2) is 36.9 Å². The summed E-state index contributed by atoms with van der Waals surface area (Å²) in [6.07, 6.45) is 7.22. The fraction of sp³-hybridized carbons (Fsp3) is 0.333. The lowest BCUT2D eigenvalue weighted by Crippen LogP contribution is -2.38. The second-order valence-electron chi connectivity index (χ2n) is 4.82. The predicted octanol–water partition coefficient (Wildman–Crippen LogP) is 4.48. The van der Waals surface area contributed by atoms with Crippen molar-refractivity contribution in [1.82, 2.24) is 9.55 Å².